The van der Waals surface area contributed by atoms with Crippen molar-refractivity contribution in [2.24, 2.45) is 0 Å². The van der Waals surface area contributed by atoms with Gasteiger partial charge in [0.25, 0.3) is 0 Å². The molecule has 17 heavy (non-hydrogen) atoms. The van der Waals surface area contributed by atoms with Crippen LogP contribution in [0.15, 0.2) is 6.07 Å². The molecule has 1 aromatic heterocycles. The molecule has 1 rings (SSSR count). The fraction of sp³-hybridized carbons (Fsp3) is 0.692. The first kappa shape index (κ1) is 14.2. The zero-order valence-corrected chi connectivity index (χ0v) is 12.0. The SMILES string of the molecule is CCCc1nc(Cl)cc(N(C)C(C)CCC)n1. The Morgan fingerprint density at radius 1 is 1.29 bits per heavy atom. The molecular weight excluding hydrogens is 234 g/mol. The van der Waals surface area contributed by atoms with E-state index in [1.54, 1.807) is 0 Å². The van der Waals surface area contributed by atoms with Crippen molar-refractivity contribution in [2.45, 2.75) is 52.5 Å². The van der Waals surface area contributed by atoms with Crippen LogP contribution in [0.5, 0.6) is 0 Å². The minimum atomic E-state index is 0.473. The zero-order chi connectivity index (χ0) is 12.8. The average molecular weight is 256 g/mol. The predicted octanol–water partition coefficient (Wildman–Crippen LogP) is 3.71. The van der Waals surface area contributed by atoms with E-state index in [2.05, 4.69) is 42.7 Å². The molecule has 0 saturated heterocycles. The molecule has 3 nitrogen and oxygen atoms in total. The van der Waals surface area contributed by atoms with Gasteiger partial charge in [-0.05, 0) is 19.8 Å². The molecule has 1 aromatic rings. The smallest absolute Gasteiger partial charge is 0.134 e. The topological polar surface area (TPSA) is 29.0 Å². The Morgan fingerprint density at radius 2 is 2.00 bits per heavy atom. The summed E-state index contributed by atoms with van der Waals surface area (Å²) < 4.78 is 0. The molecule has 0 amide bonds. The summed E-state index contributed by atoms with van der Waals surface area (Å²) in [7, 11) is 2.06. The van der Waals surface area contributed by atoms with Gasteiger partial charge in [0.2, 0.25) is 0 Å². The third-order valence-corrected chi connectivity index (χ3v) is 3.12. The first-order chi connectivity index (χ1) is 8.08. The van der Waals surface area contributed by atoms with E-state index in [-0.39, 0.29) is 0 Å². The zero-order valence-electron chi connectivity index (χ0n) is 11.2. The number of aromatic nitrogens is 2. The number of anilines is 1. The molecule has 0 radical (unpaired) electrons. The molecular formula is C13H22ClN3. The van der Waals surface area contributed by atoms with E-state index in [1.165, 1.54) is 6.42 Å². The van der Waals surface area contributed by atoms with Crippen molar-refractivity contribution in [3.8, 4) is 0 Å². The van der Waals surface area contributed by atoms with Crippen molar-refractivity contribution >= 4 is 17.4 Å². The van der Waals surface area contributed by atoms with Crippen LogP contribution in [-0.4, -0.2) is 23.1 Å². The summed E-state index contributed by atoms with van der Waals surface area (Å²) in [5.41, 5.74) is 0. The highest BCUT2D eigenvalue weighted by Crippen LogP contribution is 2.19. The molecule has 1 heterocycles. The Morgan fingerprint density at radius 3 is 2.59 bits per heavy atom. The van der Waals surface area contributed by atoms with Crippen LogP contribution in [0.25, 0.3) is 0 Å². The Hall–Kier alpha value is -0.830. The van der Waals surface area contributed by atoms with E-state index in [9.17, 15) is 0 Å². The highest BCUT2D eigenvalue weighted by atomic mass is 35.5. The second-order valence-corrected chi connectivity index (χ2v) is 4.85. The van der Waals surface area contributed by atoms with E-state index in [0.29, 0.717) is 11.2 Å². The maximum Gasteiger partial charge on any atom is 0.134 e. The molecule has 0 aliphatic rings. The summed E-state index contributed by atoms with van der Waals surface area (Å²) >= 11 is 6.03. The number of nitrogens with zero attached hydrogens (tertiary/aromatic N) is 3. The molecule has 0 N–H and O–H groups in total. The summed E-state index contributed by atoms with van der Waals surface area (Å²) in [5.74, 6) is 1.76. The normalized spacial score (nSPS) is 12.5. The number of halogens is 1. The Kier molecular flexibility index (Phi) is 5.69. The second-order valence-electron chi connectivity index (χ2n) is 4.46. The van der Waals surface area contributed by atoms with Crippen LogP contribution in [0.1, 0.15) is 45.9 Å². The van der Waals surface area contributed by atoms with Gasteiger partial charge in [0.05, 0.1) is 0 Å². The lowest BCUT2D eigenvalue weighted by atomic mass is 10.2. The highest BCUT2D eigenvalue weighted by Gasteiger charge is 2.12. The van der Waals surface area contributed by atoms with Crippen LogP contribution in [-0.2, 0) is 6.42 Å². The van der Waals surface area contributed by atoms with Gasteiger partial charge in [0, 0.05) is 25.6 Å². The van der Waals surface area contributed by atoms with Gasteiger partial charge in [0.15, 0.2) is 0 Å². The highest BCUT2D eigenvalue weighted by molar-refractivity contribution is 6.29. The van der Waals surface area contributed by atoms with Gasteiger partial charge in [-0.15, -0.1) is 0 Å². The number of hydrogen-bond acceptors (Lipinski definition) is 3. The lowest BCUT2D eigenvalue weighted by Crippen LogP contribution is -2.29. The van der Waals surface area contributed by atoms with Gasteiger partial charge in [-0.3, -0.25) is 0 Å². The summed E-state index contributed by atoms with van der Waals surface area (Å²) in [6.45, 7) is 6.52. The van der Waals surface area contributed by atoms with Crippen LogP contribution in [0, 0.1) is 0 Å². The lowest BCUT2D eigenvalue weighted by molar-refractivity contribution is 0.609. The minimum absolute atomic E-state index is 0.473. The second kappa shape index (κ2) is 6.80. The van der Waals surface area contributed by atoms with E-state index in [1.807, 2.05) is 6.07 Å². The summed E-state index contributed by atoms with van der Waals surface area (Å²) in [4.78, 5) is 11.0. The quantitative estimate of drug-likeness (QED) is 0.726. The van der Waals surface area contributed by atoms with Crippen LogP contribution >= 0.6 is 11.6 Å². The summed E-state index contributed by atoms with van der Waals surface area (Å²) in [6, 6.07) is 2.31. The van der Waals surface area contributed by atoms with Crippen molar-refractivity contribution in [1.29, 1.82) is 0 Å². The molecule has 4 heteroatoms. The first-order valence-corrected chi connectivity index (χ1v) is 6.72. The largest absolute Gasteiger partial charge is 0.357 e. The summed E-state index contributed by atoms with van der Waals surface area (Å²) in [5, 5.41) is 0.536. The van der Waals surface area contributed by atoms with E-state index < -0.39 is 0 Å². The molecule has 1 atom stereocenters. The Labute approximate surface area is 109 Å². The maximum atomic E-state index is 6.03. The molecule has 0 aliphatic heterocycles. The minimum Gasteiger partial charge on any atom is -0.357 e. The van der Waals surface area contributed by atoms with Crippen molar-refractivity contribution in [1.82, 2.24) is 9.97 Å². The fourth-order valence-corrected chi connectivity index (χ4v) is 2.00. The van der Waals surface area contributed by atoms with E-state index in [0.717, 1.165) is 30.9 Å². The van der Waals surface area contributed by atoms with Crippen molar-refractivity contribution in [3.05, 3.63) is 17.0 Å². The number of hydrogen-bond donors (Lipinski definition) is 0. The third-order valence-electron chi connectivity index (χ3n) is 2.93. The predicted molar refractivity (Wildman–Crippen MR) is 73.8 cm³/mol. The van der Waals surface area contributed by atoms with Crippen LogP contribution in [0.4, 0.5) is 5.82 Å². The molecule has 1 unspecified atom stereocenters. The molecule has 96 valence electrons. The fourth-order valence-electron chi connectivity index (χ4n) is 1.80. The Balaban J connectivity index is 2.88. The van der Waals surface area contributed by atoms with Crippen molar-refractivity contribution in [3.63, 3.8) is 0 Å². The van der Waals surface area contributed by atoms with Gasteiger partial charge in [-0.25, -0.2) is 9.97 Å². The Bertz CT molecular complexity index is 355. The standard InChI is InChI=1S/C13H22ClN3/c1-5-7-10(3)17(4)13-9-11(14)15-12(16-13)8-6-2/h9-10H,5-8H2,1-4H3. The van der Waals surface area contributed by atoms with Gasteiger partial charge in [0.1, 0.15) is 16.8 Å². The van der Waals surface area contributed by atoms with E-state index >= 15 is 0 Å². The monoisotopic (exact) mass is 255 g/mol. The lowest BCUT2D eigenvalue weighted by Gasteiger charge is -2.26. The van der Waals surface area contributed by atoms with Crippen LogP contribution < -0.4 is 4.90 Å². The third kappa shape index (κ3) is 4.15. The molecule has 0 spiro atoms. The summed E-state index contributed by atoms with van der Waals surface area (Å²) in [6.07, 6.45) is 4.24. The number of rotatable bonds is 6. The molecule has 0 aliphatic carbocycles. The van der Waals surface area contributed by atoms with Gasteiger partial charge < -0.3 is 4.90 Å². The van der Waals surface area contributed by atoms with Crippen LogP contribution in [0.3, 0.4) is 0 Å². The maximum absolute atomic E-state index is 6.03. The molecule has 0 saturated carbocycles. The molecule has 0 bridgehead atoms. The van der Waals surface area contributed by atoms with Crippen molar-refractivity contribution in [2.75, 3.05) is 11.9 Å². The molecule has 0 aromatic carbocycles. The average Bonchev–Trinajstić information content (AvgIpc) is 2.28. The first-order valence-electron chi connectivity index (χ1n) is 6.34. The molecule has 0 fully saturated rings. The van der Waals surface area contributed by atoms with Crippen LogP contribution in [0.2, 0.25) is 5.15 Å². The van der Waals surface area contributed by atoms with E-state index in [4.69, 9.17) is 11.6 Å². The van der Waals surface area contributed by atoms with Crippen molar-refractivity contribution < 1.29 is 0 Å². The number of aryl methyl sites for hydroxylation is 1. The van der Waals surface area contributed by atoms with Gasteiger partial charge >= 0.3 is 0 Å². The van der Waals surface area contributed by atoms with Gasteiger partial charge in [-0.2, -0.15) is 0 Å². The van der Waals surface area contributed by atoms with Gasteiger partial charge in [-0.1, -0.05) is 31.9 Å².